The highest BCUT2D eigenvalue weighted by atomic mass is 79.9. The van der Waals surface area contributed by atoms with Crippen molar-refractivity contribution in [1.82, 2.24) is 9.97 Å². The van der Waals surface area contributed by atoms with Gasteiger partial charge in [-0.2, -0.15) is 0 Å². The summed E-state index contributed by atoms with van der Waals surface area (Å²) in [6, 6.07) is 0. The van der Waals surface area contributed by atoms with Gasteiger partial charge in [-0.1, -0.05) is 39.9 Å². The van der Waals surface area contributed by atoms with Crippen molar-refractivity contribution >= 4 is 28.1 Å². The normalized spacial score (nSPS) is 22.5. The highest BCUT2D eigenvalue weighted by molar-refractivity contribution is 9.10. The zero-order chi connectivity index (χ0) is 12.1. The van der Waals surface area contributed by atoms with Crippen molar-refractivity contribution in [3.05, 3.63) is 20.6 Å². The summed E-state index contributed by atoms with van der Waals surface area (Å²) in [5.41, 5.74) is 1.55. The Morgan fingerprint density at radius 2 is 2.06 bits per heavy atom. The van der Waals surface area contributed by atoms with Gasteiger partial charge in [0.05, 0.1) is 4.47 Å². The number of hydrogen-bond donors (Lipinski definition) is 1. The molecule has 1 aromatic rings. The summed E-state index contributed by atoms with van der Waals surface area (Å²) >= 11 is 8.81. The molecule has 0 aliphatic heterocycles. The van der Waals surface area contributed by atoms with Gasteiger partial charge in [0.15, 0.2) is 0 Å². The number of rotatable bonds is 2. The molecule has 1 atom stereocenters. The van der Waals surface area contributed by atoms with Crippen molar-refractivity contribution < 1.29 is 0 Å². The Morgan fingerprint density at radius 1 is 1.50 bits per heavy atom. The third-order valence-electron chi connectivity index (χ3n) is 3.33. The lowest BCUT2D eigenvalue weighted by Crippen LogP contribution is -2.04. The fourth-order valence-corrected chi connectivity index (χ4v) is 2.85. The third kappa shape index (κ3) is 2.09. The molecule has 1 aliphatic carbocycles. The van der Waals surface area contributed by atoms with Gasteiger partial charge in [-0.3, -0.25) is 0 Å². The van der Waals surface area contributed by atoms with Crippen LogP contribution >= 0.6 is 28.1 Å². The molecule has 1 aromatic heterocycles. The molecule has 16 heavy (non-hydrogen) atoms. The van der Waals surface area contributed by atoms with Gasteiger partial charge in [0.2, 0.25) is 0 Å². The van der Waals surface area contributed by atoms with Gasteiger partial charge < -0.3 is 4.98 Å². The zero-order valence-electron chi connectivity index (χ0n) is 10.1. The number of hydrogen-bond acceptors (Lipinski definition) is 2. The Kier molecular flexibility index (Phi) is 2.99. The molecule has 4 heteroatoms. The topological polar surface area (TPSA) is 28.7 Å². The number of aromatic nitrogens is 2. The molecule has 1 N–H and O–H groups in total. The van der Waals surface area contributed by atoms with E-state index >= 15 is 0 Å². The number of halogens is 1. The van der Waals surface area contributed by atoms with Crippen molar-refractivity contribution in [1.29, 1.82) is 0 Å². The molecule has 0 aromatic carbocycles. The molecule has 1 heterocycles. The largest absolute Gasteiger partial charge is 0.346 e. The maximum atomic E-state index is 5.29. The molecule has 0 saturated heterocycles. The molecule has 0 bridgehead atoms. The zero-order valence-corrected chi connectivity index (χ0v) is 12.5. The van der Waals surface area contributed by atoms with Gasteiger partial charge in [0.1, 0.15) is 10.5 Å². The second-order valence-electron chi connectivity index (χ2n) is 5.55. The molecular weight excluding hydrogens is 284 g/mol. The van der Waals surface area contributed by atoms with E-state index in [2.05, 4.69) is 53.6 Å². The summed E-state index contributed by atoms with van der Waals surface area (Å²) in [5.74, 6) is 2.03. The first-order chi connectivity index (χ1) is 7.33. The van der Waals surface area contributed by atoms with E-state index in [4.69, 9.17) is 12.2 Å². The van der Waals surface area contributed by atoms with Gasteiger partial charge in [0.25, 0.3) is 0 Å². The van der Waals surface area contributed by atoms with Crippen molar-refractivity contribution in [2.45, 2.75) is 46.0 Å². The Bertz CT molecular complexity index is 476. The summed E-state index contributed by atoms with van der Waals surface area (Å²) in [6.07, 6.45) is 1.20. The lowest BCUT2D eigenvalue weighted by Gasteiger charge is -2.12. The molecule has 1 fully saturated rings. The quantitative estimate of drug-likeness (QED) is 0.812. The van der Waals surface area contributed by atoms with Crippen LogP contribution in [-0.2, 0) is 0 Å². The molecule has 2 rings (SSSR count). The second kappa shape index (κ2) is 3.91. The Hall–Kier alpha value is -0.220. The molecule has 0 spiro atoms. The van der Waals surface area contributed by atoms with E-state index in [9.17, 15) is 0 Å². The number of nitrogens with zero attached hydrogens (tertiary/aromatic N) is 1. The smallest absolute Gasteiger partial charge is 0.144 e. The fourth-order valence-electron chi connectivity index (χ4n) is 1.99. The minimum absolute atomic E-state index is 0.382. The van der Waals surface area contributed by atoms with Gasteiger partial charge in [0, 0.05) is 11.6 Å². The predicted octanol–water partition coefficient (Wildman–Crippen LogP) is 4.54. The van der Waals surface area contributed by atoms with Gasteiger partial charge in [-0.25, -0.2) is 4.98 Å². The predicted molar refractivity (Wildman–Crippen MR) is 72.3 cm³/mol. The lowest BCUT2D eigenvalue weighted by molar-refractivity contribution is 0.604. The Morgan fingerprint density at radius 3 is 2.50 bits per heavy atom. The maximum Gasteiger partial charge on any atom is 0.144 e. The SMILES string of the molecule is CC(C)c1[nH]c(C2CC2(C)C)nc(=S)c1Br. The highest BCUT2D eigenvalue weighted by Crippen LogP contribution is 2.57. The monoisotopic (exact) mass is 300 g/mol. The van der Waals surface area contributed by atoms with Crippen molar-refractivity contribution in [3.8, 4) is 0 Å². The first-order valence-corrected chi connectivity index (χ1v) is 6.82. The van der Waals surface area contributed by atoms with Crippen LogP contribution in [0.4, 0.5) is 0 Å². The summed E-state index contributed by atoms with van der Waals surface area (Å²) in [6.45, 7) is 8.86. The molecule has 1 saturated carbocycles. The van der Waals surface area contributed by atoms with Crippen LogP contribution in [0.3, 0.4) is 0 Å². The average molecular weight is 301 g/mol. The number of H-pyrrole nitrogens is 1. The summed E-state index contributed by atoms with van der Waals surface area (Å²) in [5, 5.41) is 0. The van der Waals surface area contributed by atoms with Gasteiger partial charge in [-0.05, 0) is 33.7 Å². The van der Waals surface area contributed by atoms with E-state index in [1.807, 2.05) is 0 Å². The fraction of sp³-hybridized carbons (Fsp3) is 0.667. The third-order valence-corrected chi connectivity index (χ3v) is 4.69. The van der Waals surface area contributed by atoms with Crippen LogP contribution in [0.15, 0.2) is 4.47 Å². The molecular formula is C12H17BrN2S. The van der Waals surface area contributed by atoms with Crippen molar-refractivity contribution in [2.24, 2.45) is 5.41 Å². The van der Waals surface area contributed by atoms with Crippen molar-refractivity contribution in [2.75, 3.05) is 0 Å². The van der Waals surface area contributed by atoms with Crippen LogP contribution < -0.4 is 0 Å². The van der Waals surface area contributed by atoms with Gasteiger partial charge in [-0.15, -0.1) is 0 Å². The van der Waals surface area contributed by atoms with Crippen LogP contribution in [0.1, 0.15) is 57.5 Å². The highest BCUT2D eigenvalue weighted by Gasteiger charge is 2.48. The van der Waals surface area contributed by atoms with E-state index < -0.39 is 0 Å². The minimum Gasteiger partial charge on any atom is -0.346 e. The second-order valence-corrected chi connectivity index (χ2v) is 6.73. The summed E-state index contributed by atoms with van der Waals surface area (Å²) < 4.78 is 1.62. The summed E-state index contributed by atoms with van der Waals surface area (Å²) in [4.78, 5) is 7.93. The number of nitrogens with one attached hydrogen (secondary N) is 1. The van der Waals surface area contributed by atoms with E-state index in [1.165, 1.54) is 6.42 Å². The molecule has 2 nitrogen and oxygen atoms in total. The van der Waals surface area contributed by atoms with Crippen LogP contribution in [-0.4, -0.2) is 9.97 Å². The maximum absolute atomic E-state index is 5.29. The Labute approximate surface area is 110 Å². The lowest BCUT2D eigenvalue weighted by atomic mass is 10.1. The Balaban J connectivity index is 2.46. The van der Waals surface area contributed by atoms with E-state index in [0.717, 1.165) is 16.0 Å². The minimum atomic E-state index is 0.382. The standard InChI is InChI=1S/C12H17BrN2S/c1-6(2)9-8(13)11(16)15-10(14-9)7-5-12(7,3)4/h6-7H,5H2,1-4H3,(H,14,15,16). The van der Waals surface area contributed by atoms with Crippen LogP contribution in [0.2, 0.25) is 0 Å². The molecule has 1 unspecified atom stereocenters. The first-order valence-electron chi connectivity index (χ1n) is 5.62. The van der Waals surface area contributed by atoms with E-state index in [-0.39, 0.29) is 0 Å². The average Bonchev–Trinajstić information content (AvgIpc) is 2.79. The number of aromatic amines is 1. The van der Waals surface area contributed by atoms with Crippen molar-refractivity contribution in [3.63, 3.8) is 0 Å². The molecule has 0 amide bonds. The summed E-state index contributed by atoms with van der Waals surface area (Å²) in [7, 11) is 0. The van der Waals surface area contributed by atoms with E-state index in [1.54, 1.807) is 0 Å². The van der Waals surface area contributed by atoms with Crippen LogP contribution in [0.25, 0.3) is 0 Å². The van der Waals surface area contributed by atoms with Crippen LogP contribution in [0, 0.1) is 10.1 Å². The first kappa shape index (κ1) is 12.2. The molecule has 0 radical (unpaired) electrons. The van der Waals surface area contributed by atoms with Gasteiger partial charge >= 0.3 is 0 Å². The van der Waals surface area contributed by atoms with Crippen LogP contribution in [0.5, 0.6) is 0 Å². The molecule has 88 valence electrons. The molecule has 1 aliphatic rings. The van der Waals surface area contributed by atoms with E-state index in [0.29, 0.717) is 21.9 Å².